The molecule has 0 aromatic heterocycles. The standard InChI is InChI=1S/C12H26N3O8P/c1-15(2,3)4-5-21-24(18,19)22-9-10(23-12(17)7-14)8-20-11(16)6-13/h10H,4-9,13-14H2,1-3H3/p+1/t10-/m1/s1. The minimum absolute atomic E-state index is 0.00725. The van der Waals surface area contributed by atoms with E-state index < -0.39 is 39.0 Å². The Bertz CT molecular complexity index is 454. The molecule has 0 radical (unpaired) electrons. The minimum atomic E-state index is -4.34. The second kappa shape index (κ2) is 10.7. The number of carbonyl (C=O) groups is 2. The van der Waals surface area contributed by atoms with Crippen LogP contribution in [0.2, 0.25) is 0 Å². The van der Waals surface area contributed by atoms with E-state index in [1.807, 2.05) is 21.1 Å². The van der Waals surface area contributed by atoms with Crippen LogP contribution in [-0.2, 0) is 32.7 Å². The Hall–Kier alpha value is -1.07. The molecule has 0 aromatic rings. The molecule has 0 fully saturated rings. The molecule has 142 valence electrons. The van der Waals surface area contributed by atoms with Crippen LogP contribution in [0.3, 0.4) is 0 Å². The van der Waals surface area contributed by atoms with Crippen LogP contribution in [0.1, 0.15) is 0 Å². The molecule has 0 saturated heterocycles. The molecule has 5 N–H and O–H groups in total. The molecular weight excluding hydrogens is 345 g/mol. The maximum absolute atomic E-state index is 11.8. The molecule has 2 atom stereocenters. The molecule has 0 bridgehead atoms. The van der Waals surface area contributed by atoms with Gasteiger partial charge in [0, 0.05) is 0 Å². The molecule has 0 heterocycles. The van der Waals surface area contributed by atoms with Crippen LogP contribution in [0, 0.1) is 0 Å². The van der Waals surface area contributed by atoms with Crippen molar-refractivity contribution in [1.82, 2.24) is 0 Å². The van der Waals surface area contributed by atoms with Crippen molar-refractivity contribution < 1.29 is 42.1 Å². The molecule has 24 heavy (non-hydrogen) atoms. The zero-order valence-corrected chi connectivity index (χ0v) is 15.1. The van der Waals surface area contributed by atoms with Gasteiger partial charge in [0.1, 0.15) is 19.8 Å². The largest absolute Gasteiger partial charge is 0.472 e. The molecule has 0 rings (SSSR count). The lowest BCUT2D eigenvalue weighted by Crippen LogP contribution is -2.37. The maximum atomic E-state index is 11.8. The summed E-state index contributed by atoms with van der Waals surface area (Å²) in [6.07, 6.45) is -1.11. The Morgan fingerprint density at radius 2 is 1.67 bits per heavy atom. The Kier molecular flexibility index (Phi) is 10.2. The Morgan fingerprint density at radius 3 is 2.17 bits per heavy atom. The first-order valence-corrected chi connectivity index (χ1v) is 8.66. The third kappa shape index (κ3) is 12.4. The van der Waals surface area contributed by atoms with E-state index in [4.69, 9.17) is 30.0 Å². The van der Waals surface area contributed by atoms with Gasteiger partial charge in [-0.1, -0.05) is 0 Å². The second-order valence-electron chi connectivity index (χ2n) is 5.81. The van der Waals surface area contributed by atoms with Gasteiger partial charge in [-0.05, 0) is 0 Å². The number of quaternary nitrogens is 1. The highest BCUT2D eigenvalue weighted by atomic mass is 31.2. The lowest BCUT2D eigenvalue weighted by Gasteiger charge is -2.24. The highest BCUT2D eigenvalue weighted by Gasteiger charge is 2.26. The van der Waals surface area contributed by atoms with Crippen molar-refractivity contribution in [3.8, 4) is 0 Å². The average molecular weight is 372 g/mol. The Balaban J connectivity index is 4.46. The van der Waals surface area contributed by atoms with Gasteiger partial charge in [0.05, 0.1) is 40.8 Å². The lowest BCUT2D eigenvalue weighted by atomic mass is 10.4. The van der Waals surface area contributed by atoms with Crippen molar-refractivity contribution in [3.63, 3.8) is 0 Å². The van der Waals surface area contributed by atoms with Gasteiger partial charge in [0.15, 0.2) is 6.10 Å². The Labute approximate surface area is 141 Å². The SMILES string of the molecule is C[N+](C)(C)CCOP(=O)(O)OC[C@@H](COC(=O)CN)OC(=O)CN. The topological polar surface area (TPSA) is 160 Å². The van der Waals surface area contributed by atoms with E-state index in [1.54, 1.807) is 0 Å². The quantitative estimate of drug-likeness (QED) is 0.202. The first-order chi connectivity index (χ1) is 11.0. The first kappa shape index (κ1) is 22.9. The fraction of sp³-hybridized carbons (Fsp3) is 0.833. The average Bonchev–Trinajstić information content (AvgIpc) is 2.47. The summed E-state index contributed by atoms with van der Waals surface area (Å²) in [6, 6.07) is 0. The summed E-state index contributed by atoms with van der Waals surface area (Å²) in [5.74, 6) is -1.51. The molecule has 0 aliphatic rings. The monoisotopic (exact) mass is 372 g/mol. The molecule has 0 aromatic carbocycles. The summed E-state index contributed by atoms with van der Waals surface area (Å²) < 4.78 is 31.4. The number of likely N-dealkylation sites (N-methyl/N-ethyl adjacent to an activating group) is 1. The summed E-state index contributed by atoms with van der Waals surface area (Å²) in [6.45, 7) is -1.19. The molecule has 0 aliphatic heterocycles. The maximum Gasteiger partial charge on any atom is 0.472 e. The number of phosphoric acid groups is 1. The van der Waals surface area contributed by atoms with Crippen molar-refractivity contribution in [2.24, 2.45) is 11.5 Å². The number of carbonyl (C=O) groups excluding carboxylic acids is 2. The van der Waals surface area contributed by atoms with Crippen LogP contribution in [0.5, 0.6) is 0 Å². The number of ether oxygens (including phenoxy) is 2. The van der Waals surface area contributed by atoms with Crippen LogP contribution in [0.25, 0.3) is 0 Å². The van der Waals surface area contributed by atoms with E-state index in [2.05, 4.69) is 0 Å². The van der Waals surface area contributed by atoms with Crippen LogP contribution in [0.15, 0.2) is 0 Å². The normalized spacial score (nSPS) is 15.4. The van der Waals surface area contributed by atoms with Crippen molar-refractivity contribution in [1.29, 1.82) is 0 Å². The fourth-order valence-electron chi connectivity index (χ4n) is 1.24. The third-order valence-electron chi connectivity index (χ3n) is 2.50. The van der Waals surface area contributed by atoms with Crippen molar-refractivity contribution in [2.45, 2.75) is 6.10 Å². The van der Waals surface area contributed by atoms with Gasteiger partial charge >= 0.3 is 19.8 Å². The van der Waals surface area contributed by atoms with Gasteiger partial charge in [0.2, 0.25) is 0 Å². The number of esters is 2. The van der Waals surface area contributed by atoms with Gasteiger partial charge in [-0.3, -0.25) is 18.6 Å². The third-order valence-corrected chi connectivity index (χ3v) is 3.49. The Morgan fingerprint density at radius 1 is 1.08 bits per heavy atom. The van der Waals surface area contributed by atoms with E-state index in [9.17, 15) is 19.0 Å². The number of hydrogen-bond acceptors (Lipinski definition) is 9. The van der Waals surface area contributed by atoms with Crippen LogP contribution >= 0.6 is 7.82 Å². The van der Waals surface area contributed by atoms with Crippen molar-refractivity contribution in [2.75, 3.05) is 60.6 Å². The first-order valence-electron chi connectivity index (χ1n) is 7.16. The zero-order valence-electron chi connectivity index (χ0n) is 14.2. The number of nitrogens with zero attached hydrogens (tertiary/aromatic N) is 1. The molecule has 12 heteroatoms. The zero-order chi connectivity index (χ0) is 18.8. The number of nitrogens with two attached hydrogens (primary N) is 2. The van der Waals surface area contributed by atoms with E-state index in [-0.39, 0.29) is 19.8 Å². The minimum Gasteiger partial charge on any atom is -0.461 e. The van der Waals surface area contributed by atoms with Crippen LogP contribution in [-0.4, -0.2) is 88.0 Å². The highest BCUT2D eigenvalue weighted by molar-refractivity contribution is 7.47. The van der Waals surface area contributed by atoms with Gasteiger partial charge < -0.3 is 30.3 Å². The van der Waals surface area contributed by atoms with E-state index in [1.165, 1.54) is 0 Å². The summed E-state index contributed by atoms with van der Waals surface area (Å²) in [7, 11) is 1.33. The van der Waals surface area contributed by atoms with Crippen molar-refractivity contribution >= 4 is 19.8 Å². The van der Waals surface area contributed by atoms with Gasteiger partial charge in [-0.2, -0.15) is 0 Å². The van der Waals surface area contributed by atoms with Crippen molar-refractivity contribution in [3.05, 3.63) is 0 Å². The van der Waals surface area contributed by atoms with E-state index >= 15 is 0 Å². The number of phosphoric ester groups is 1. The lowest BCUT2D eigenvalue weighted by molar-refractivity contribution is -0.870. The van der Waals surface area contributed by atoms with Crippen LogP contribution in [0.4, 0.5) is 0 Å². The van der Waals surface area contributed by atoms with E-state index in [0.717, 1.165) is 0 Å². The molecule has 11 nitrogen and oxygen atoms in total. The molecule has 1 unspecified atom stereocenters. The summed E-state index contributed by atoms with van der Waals surface area (Å²) in [5, 5.41) is 0. The summed E-state index contributed by atoms with van der Waals surface area (Å²) >= 11 is 0. The van der Waals surface area contributed by atoms with Crippen LogP contribution < -0.4 is 11.5 Å². The van der Waals surface area contributed by atoms with Gasteiger partial charge in [0.25, 0.3) is 0 Å². The summed E-state index contributed by atoms with van der Waals surface area (Å²) in [4.78, 5) is 31.8. The van der Waals surface area contributed by atoms with E-state index in [0.29, 0.717) is 11.0 Å². The molecule has 0 spiro atoms. The predicted octanol–water partition coefficient (Wildman–Crippen LogP) is -1.80. The van der Waals surface area contributed by atoms with Gasteiger partial charge in [-0.15, -0.1) is 0 Å². The molecule has 0 amide bonds. The van der Waals surface area contributed by atoms with Gasteiger partial charge in [-0.25, -0.2) is 4.57 Å². The molecule has 0 saturated carbocycles. The molecule has 0 aliphatic carbocycles. The number of rotatable bonds is 12. The number of hydrogen-bond donors (Lipinski definition) is 3. The smallest absolute Gasteiger partial charge is 0.461 e. The fourth-order valence-corrected chi connectivity index (χ4v) is 1.98. The highest BCUT2D eigenvalue weighted by Crippen LogP contribution is 2.43. The molecular formula is C12H27N3O8P+. The predicted molar refractivity (Wildman–Crippen MR) is 83.6 cm³/mol. The second-order valence-corrected chi connectivity index (χ2v) is 7.27. The summed E-state index contributed by atoms with van der Waals surface area (Å²) in [5.41, 5.74) is 10.2.